The predicted octanol–water partition coefficient (Wildman–Crippen LogP) is 2.81. The second kappa shape index (κ2) is 7.89. The lowest BCUT2D eigenvalue weighted by atomic mass is 10.1. The van der Waals surface area contributed by atoms with Crippen molar-refractivity contribution >= 4 is 17.3 Å². The number of nitrogens with one attached hydrogen (secondary N) is 1. The smallest absolute Gasteiger partial charge is 0.158 e. The normalized spacial score (nSPS) is 18.8. The fraction of sp³-hybridized carbons (Fsp3) is 0.333. The van der Waals surface area contributed by atoms with E-state index in [1.807, 2.05) is 16.8 Å². The standard InChI is InChI=1S/C21H24N8/c1-15-19(27(2)3)8-9-29(15)18-6-4-17(5-7-18)28-13-21(25-14-28)26-20-12-23-16(10-22)11-24-20/h4-7,11-15,19H,8-9H2,1-3H3,(H,24,26)/t15-,19-/m1/s1. The Hall–Kier alpha value is -3.44. The molecule has 1 N–H and O–H groups in total. The molecule has 0 amide bonds. The second-order valence-corrected chi connectivity index (χ2v) is 7.46. The Morgan fingerprint density at radius 2 is 1.83 bits per heavy atom. The van der Waals surface area contributed by atoms with Gasteiger partial charge in [-0.3, -0.25) is 0 Å². The third-order valence-electron chi connectivity index (χ3n) is 5.46. The molecule has 1 saturated heterocycles. The maximum Gasteiger partial charge on any atom is 0.158 e. The average molecular weight is 388 g/mol. The minimum Gasteiger partial charge on any atom is -0.367 e. The molecule has 2 aromatic heterocycles. The van der Waals surface area contributed by atoms with Gasteiger partial charge in [0.2, 0.25) is 0 Å². The summed E-state index contributed by atoms with van der Waals surface area (Å²) in [6.45, 7) is 3.37. The quantitative estimate of drug-likeness (QED) is 0.719. The van der Waals surface area contributed by atoms with Gasteiger partial charge in [-0.2, -0.15) is 5.26 Å². The maximum absolute atomic E-state index is 8.79. The van der Waals surface area contributed by atoms with Crippen molar-refractivity contribution in [1.82, 2.24) is 24.4 Å². The van der Waals surface area contributed by atoms with E-state index in [4.69, 9.17) is 5.26 Å². The number of nitrogens with zero attached hydrogens (tertiary/aromatic N) is 7. The van der Waals surface area contributed by atoms with Crippen LogP contribution in [0.4, 0.5) is 17.3 Å². The third kappa shape index (κ3) is 3.91. The van der Waals surface area contributed by atoms with E-state index >= 15 is 0 Å². The molecule has 3 aromatic rings. The highest BCUT2D eigenvalue weighted by Gasteiger charge is 2.31. The van der Waals surface area contributed by atoms with Gasteiger partial charge in [-0.25, -0.2) is 15.0 Å². The number of hydrogen-bond donors (Lipinski definition) is 1. The summed E-state index contributed by atoms with van der Waals surface area (Å²) in [6.07, 6.45) is 7.79. The topological polar surface area (TPSA) is 85.9 Å². The molecule has 148 valence electrons. The number of rotatable bonds is 5. The molecule has 8 nitrogen and oxygen atoms in total. The lowest BCUT2D eigenvalue weighted by molar-refractivity contribution is 0.283. The molecule has 0 aliphatic carbocycles. The monoisotopic (exact) mass is 388 g/mol. The summed E-state index contributed by atoms with van der Waals surface area (Å²) >= 11 is 0. The molecule has 1 fully saturated rings. The molecule has 8 heteroatoms. The molecule has 0 bridgehead atoms. The van der Waals surface area contributed by atoms with Crippen LogP contribution in [-0.4, -0.2) is 57.1 Å². The van der Waals surface area contributed by atoms with E-state index in [-0.39, 0.29) is 5.69 Å². The number of likely N-dealkylation sites (N-methyl/N-ethyl adjacent to an activating group) is 1. The number of hydrogen-bond acceptors (Lipinski definition) is 7. The van der Waals surface area contributed by atoms with Crippen LogP contribution in [0.25, 0.3) is 5.69 Å². The Morgan fingerprint density at radius 1 is 1.07 bits per heavy atom. The summed E-state index contributed by atoms with van der Waals surface area (Å²) in [4.78, 5) is 17.3. The van der Waals surface area contributed by atoms with Crippen LogP contribution in [0.3, 0.4) is 0 Å². The van der Waals surface area contributed by atoms with Crippen LogP contribution >= 0.6 is 0 Å². The Bertz CT molecular complexity index is 1000. The first kappa shape index (κ1) is 18.9. The van der Waals surface area contributed by atoms with Gasteiger partial charge in [0, 0.05) is 30.0 Å². The first-order chi connectivity index (χ1) is 14.0. The minimum absolute atomic E-state index is 0.283. The lowest BCUT2D eigenvalue weighted by Gasteiger charge is -2.29. The molecule has 1 aliphatic rings. The Labute approximate surface area is 170 Å². The van der Waals surface area contributed by atoms with Crippen LogP contribution < -0.4 is 10.2 Å². The van der Waals surface area contributed by atoms with Crippen molar-refractivity contribution in [2.24, 2.45) is 0 Å². The molecule has 0 radical (unpaired) electrons. The van der Waals surface area contributed by atoms with Crippen molar-refractivity contribution in [3.05, 3.63) is 54.9 Å². The first-order valence-electron chi connectivity index (χ1n) is 9.62. The highest BCUT2D eigenvalue weighted by Crippen LogP contribution is 2.28. The van der Waals surface area contributed by atoms with Crippen LogP contribution in [0.5, 0.6) is 0 Å². The second-order valence-electron chi connectivity index (χ2n) is 7.46. The van der Waals surface area contributed by atoms with Gasteiger partial charge >= 0.3 is 0 Å². The van der Waals surface area contributed by atoms with Crippen molar-refractivity contribution in [1.29, 1.82) is 5.26 Å². The summed E-state index contributed by atoms with van der Waals surface area (Å²) in [7, 11) is 4.31. The van der Waals surface area contributed by atoms with E-state index in [2.05, 4.69) is 75.4 Å². The molecule has 0 spiro atoms. The van der Waals surface area contributed by atoms with Gasteiger partial charge in [-0.15, -0.1) is 0 Å². The number of anilines is 3. The third-order valence-corrected chi connectivity index (χ3v) is 5.46. The summed E-state index contributed by atoms with van der Waals surface area (Å²) in [6, 6.07) is 11.6. The van der Waals surface area contributed by atoms with Gasteiger partial charge in [0.15, 0.2) is 5.69 Å². The van der Waals surface area contributed by atoms with Crippen molar-refractivity contribution in [3.8, 4) is 11.8 Å². The largest absolute Gasteiger partial charge is 0.367 e. The Balaban J connectivity index is 1.45. The summed E-state index contributed by atoms with van der Waals surface area (Å²) in [5.74, 6) is 1.21. The van der Waals surface area contributed by atoms with E-state index in [1.54, 1.807) is 6.33 Å². The molecule has 0 saturated carbocycles. The van der Waals surface area contributed by atoms with Gasteiger partial charge in [-0.05, 0) is 51.7 Å². The predicted molar refractivity (Wildman–Crippen MR) is 112 cm³/mol. The zero-order chi connectivity index (χ0) is 20.4. The van der Waals surface area contributed by atoms with Crippen LogP contribution in [0.15, 0.2) is 49.2 Å². The number of nitriles is 1. The average Bonchev–Trinajstić information content (AvgIpc) is 3.35. The van der Waals surface area contributed by atoms with E-state index in [0.717, 1.165) is 12.2 Å². The fourth-order valence-corrected chi connectivity index (χ4v) is 3.90. The Kier molecular flexibility index (Phi) is 5.14. The van der Waals surface area contributed by atoms with Crippen molar-refractivity contribution in [3.63, 3.8) is 0 Å². The lowest BCUT2D eigenvalue weighted by Crippen LogP contribution is -2.39. The van der Waals surface area contributed by atoms with Crippen molar-refractivity contribution in [2.75, 3.05) is 30.9 Å². The number of imidazole rings is 1. The van der Waals surface area contributed by atoms with Crippen molar-refractivity contribution < 1.29 is 0 Å². The summed E-state index contributed by atoms with van der Waals surface area (Å²) in [5, 5.41) is 11.9. The molecule has 3 heterocycles. The zero-order valence-corrected chi connectivity index (χ0v) is 16.8. The molecular formula is C21H24N8. The molecule has 1 aliphatic heterocycles. The van der Waals surface area contributed by atoms with Crippen LogP contribution in [-0.2, 0) is 0 Å². The number of aromatic nitrogens is 4. The van der Waals surface area contributed by atoms with Crippen LogP contribution in [0.2, 0.25) is 0 Å². The summed E-state index contributed by atoms with van der Waals surface area (Å²) in [5.41, 5.74) is 2.57. The van der Waals surface area contributed by atoms with E-state index in [1.165, 1.54) is 24.5 Å². The van der Waals surface area contributed by atoms with Crippen molar-refractivity contribution in [2.45, 2.75) is 25.4 Å². The molecule has 2 atom stereocenters. The van der Waals surface area contributed by atoms with E-state index in [0.29, 0.717) is 23.7 Å². The molecule has 4 rings (SSSR count). The van der Waals surface area contributed by atoms with Crippen LogP contribution in [0, 0.1) is 11.3 Å². The minimum atomic E-state index is 0.283. The van der Waals surface area contributed by atoms with Gasteiger partial charge in [0.1, 0.15) is 24.0 Å². The van der Waals surface area contributed by atoms with Gasteiger partial charge in [0.05, 0.1) is 18.6 Å². The molecular weight excluding hydrogens is 364 g/mol. The molecule has 29 heavy (non-hydrogen) atoms. The highest BCUT2D eigenvalue weighted by molar-refractivity contribution is 5.55. The SMILES string of the molecule is C[C@@H]1[C@H](N(C)C)CCN1c1ccc(-n2cnc(Nc3cnc(C#N)cn3)c2)cc1. The highest BCUT2D eigenvalue weighted by atomic mass is 15.3. The maximum atomic E-state index is 8.79. The van der Waals surface area contributed by atoms with E-state index in [9.17, 15) is 0 Å². The number of benzene rings is 1. The van der Waals surface area contributed by atoms with E-state index < -0.39 is 0 Å². The summed E-state index contributed by atoms with van der Waals surface area (Å²) < 4.78 is 1.96. The molecule has 1 aromatic carbocycles. The van der Waals surface area contributed by atoms with Crippen LogP contribution in [0.1, 0.15) is 19.0 Å². The van der Waals surface area contributed by atoms with Gasteiger partial charge in [-0.1, -0.05) is 0 Å². The zero-order valence-electron chi connectivity index (χ0n) is 16.8. The molecule has 0 unspecified atom stereocenters. The van der Waals surface area contributed by atoms with Gasteiger partial charge in [0.25, 0.3) is 0 Å². The fourth-order valence-electron chi connectivity index (χ4n) is 3.90. The Morgan fingerprint density at radius 3 is 2.45 bits per heavy atom. The first-order valence-corrected chi connectivity index (χ1v) is 9.62. The van der Waals surface area contributed by atoms with Gasteiger partial charge < -0.3 is 19.7 Å².